The Morgan fingerprint density at radius 2 is 1.70 bits per heavy atom. The largest absolute Gasteiger partial charge is 0.396 e. The molecule has 152 valence electrons. The van der Waals surface area contributed by atoms with Crippen LogP contribution in [0.15, 0.2) is 66.9 Å². The summed E-state index contributed by atoms with van der Waals surface area (Å²) in [6.45, 7) is 2.88. The fraction of sp³-hybridized carbons (Fsp3) is 0.240. The first kappa shape index (κ1) is 20.0. The molecule has 2 aromatic carbocycles. The Bertz CT molecular complexity index is 1110. The minimum atomic E-state index is 0.125. The Morgan fingerprint density at radius 3 is 2.47 bits per heavy atom. The van der Waals surface area contributed by atoms with Crippen LogP contribution in [0.2, 0.25) is 0 Å². The average molecular weight is 399 g/mol. The topological polar surface area (TPSA) is 70.9 Å². The molecule has 0 fully saturated rings. The number of benzene rings is 2. The van der Waals surface area contributed by atoms with E-state index in [1.807, 2.05) is 24.4 Å². The van der Waals surface area contributed by atoms with Crippen molar-refractivity contribution in [3.63, 3.8) is 0 Å². The van der Waals surface area contributed by atoms with E-state index in [0.29, 0.717) is 19.4 Å². The minimum Gasteiger partial charge on any atom is -0.396 e. The van der Waals surface area contributed by atoms with E-state index in [1.165, 1.54) is 16.7 Å². The molecule has 2 heterocycles. The predicted octanol–water partition coefficient (Wildman–Crippen LogP) is 4.46. The van der Waals surface area contributed by atoms with Crippen LogP contribution in [-0.4, -0.2) is 26.7 Å². The Kier molecular flexibility index (Phi) is 6.30. The summed E-state index contributed by atoms with van der Waals surface area (Å²) in [4.78, 5) is 14.1. The minimum absolute atomic E-state index is 0.125. The van der Waals surface area contributed by atoms with Crippen molar-refractivity contribution in [1.29, 1.82) is 0 Å². The van der Waals surface area contributed by atoms with Gasteiger partial charge < -0.3 is 10.4 Å². The summed E-state index contributed by atoms with van der Waals surface area (Å²) in [5.74, 6) is 1.46. The number of anilines is 1. The normalized spacial score (nSPS) is 11.0. The number of aliphatic hydroxyl groups excluding tert-OH is 1. The van der Waals surface area contributed by atoms with Gasteiger partial charge in [-0.2, -0.15) is 0 Å². The number of hydrogen-bond donors (Lipinski definition) is 2. The van der Waals surface area contributed by atoms with E-state index in [2.05, 4.69) is 59.7 Å². The van der Waals surface area contributed by atoms with Crippen LogP contribution in [0, 0.1) is 6.92 Å². The number of aromatic nitrogens is 3. The molecular weight excluding hydrogens is 372 g/mol. The highest BCUT2D eigenvalue weighted by molar-refractivity contribution is 5.85. The van der Waals surface area contributed by atoms with Crippen LogP contribution < -0.4 is 5.32 Å². The Hall–Kier alpha value is -3.31. The molecule has 5 nitrogen and oxygen atoms in total. The number of aliphatic hydroxyl groups is 1. The molecule has 0 aliphatic carbocycles. The molecule has 5 heteroatoms. The molecule has 2 N–H and O–H groups in total. The van der Waals surface area contributed by atoms with Crippen LogP contribution in [0.25, 0.3) is 11.0 Å². The molecule has 0 aliphatic rings. The molecule has 0 amide bonds. The summed E-state index contributed by atoms with van der Waals surface area (Å²) in [6.07, 6.45) is 3.99. The standard InChI is InChI=1S/C25H26N4O/c1-18-9-11-19(12-10-18)14-21-15-22-24(26-17-21)25(29-23(28-22)8-5-13-30)27-16-20-6-3-2-4-7-20/h2-4,6-7,9-12,15,17,30H,5,8,13-14,16H2,1H3,(H,27,28,29). The second kappa shape index (κ2) is 9.46. The molecule has 0 bridgehead atoms. The number of aryl methyl sites for hydroxylation is 2. The molecule has 4 aromatic rings. The molecule has 2 aromatic heterocycles. The van der Waals surface area contributed by atoms with Crippen molar-refractivity contribution in [3.8, 4) is 0 Å². The summed E-state index contributed by atoms with van der Waals surface area (Å²) in [6, 6.07) is 20.9. The zero-order valence-electron chi connectivity index (χ0n) is 17.2. The number of pyridine rings is 1. The highest BCUT2D eigenvalue weighted by atomic mass is 16.2. The van der Waals surface area contributed by atoms with Crippen LogP contribution in [-0.2, 0) is 19.4 Å². The second-order valence-electron chi connectivity index (χ2n) is 7.53. The summed E-state index contributed by atoms with van der Waals surface area (Å²) >= 11 is 0. The smallest absolute Gasteiger partial charge is 0.156 e. The predicted molar refractivity (Wildman–Crippen MR) is 120 cm³/mol. The van der Waals surface area contributed by atoms with Gasteiger partial charge in [0, 0.05) is 25.8 Å². The third-order valence-corrected chi connectivity index (χ3v) is 5.03. The van der Waals surface area contributed by atoms with Crippen LogP contribution >= 0.6 is 0 Å². The highest BCUT2D eigenvalue weighted by Gasteiger charge is 2.11. The van der Waals surface area contributed by atoms with E-state index < -0.39 is 0 Å². The fourth-order valence-corrected chi connectivity index (χ4v) is 3.40. The average Bonchev–Trinajstić information content (AvgIpc) is 2.78. The molecular formula is C25H26N4O. The maximum atomic E-state index is 9.21. The number of rotatable bonds is 8. The van der Waals surface area contributed by atoms with Gasteiger partial charge in [0.25, 0.3) is 0 Å². The Morgan fingerprint density at radius 1 is 0.900 bits per heavy atom. The number of nitrogens with zero attached hydrogens (tertiary/aromatic N) is 3. The Labute approximate surface area is 176 Å². The lowest BCUT2D eigenvalue weighted by Gasteiger charge is -2.11. The lowest BCUT2D eigenvalue weighted by Crippen LogP contribution is -2.07. The molecule has 0 atom stereocenters. The lowest BCUT2D eigenvalue weighted by molar-refractivity contribution is 0.287. The SMILES string of the molecule is Cc1ccc(Cc2cnc3c(NCc4ccccc4)nc(CCCO)nc3c2)cc1. The molecule has 4 rings (SSSR count). The summed E-state index contributed by atoms with van der Waals surface area (Å²) < 4.78 is 0. The van der Waals surface area contributed by atoms with Crippen molar-refractivity contribution in [1.82, 2.24) is 15.0 Å². The molecule has 0 aliphatic heterocycles. The van der Waals surface area contributed by atoms with Crippen LogP contribution in [0.4, 0.5) is 5.82 Å². The van der Waals surface area contributed by atoms with Crippen LogP contribution in [0.1, 0.15) is 34.5 Å². The molecule has 0 unspecified atom stereocenters. The first-order valence-corrected chi connectivity index (χ1v) is 10.3. The maximum Gasteiger partial charge on any atom is 0.156 e. The third kappa shape index (κ3) is 4.99. The quantitative estimate of drug-likeness (QED) is 0.458. The number of hydrogen-bond acceptors (Lipinski definition) is 5. The molecule has 30 heavy (non-hydrogen) atoms. The monoisotopic (exact) mass is 398 g/mol. The molecule has 0 spiro atoms. The number of nitrogens with one attached hydrogen (secondary N) is 1. The molecule has 0 saturated heterocycles. The van der Waals surface area contributed by atoms with Gasteiger partial charge in [0.15, 0.2) is 5.82 Å². The molecule has 0 radical (unpaired) electrons. The van der Waals surface area contributed by atoms with E-state index in [9.17, 15) is 5.11 Å². The molecule has 0 saturated carbocycles. The van der Waals surface area contributed by atoms with E-state index in [-0.39, 0.29) is 6.61 Å². The lowest BCUT2D eigenvalue weighted by atomic mass is 10.0. The van der Waals surface area contributed by atoms with Gasteiger partial charge >= 0.3 is 0 Å². The van der Waals surface area contributed by atoms with Gasteiger partial charge in [0.05, 0.1) is 5.52 Å². The van der Waals surface area contributed by atoms with E-state index >= 15 is 0 Å². The Balaban J connectivity index is 1.64. The maximum absolute atomic E-state index is 9.21. The summed E-state index contributed by atoms with van der Waals surface area (Å²) in [5.41, 5.74) is 6.40. The van der Waals surface area contributed by atoms with Crippen LogP contribution in [0.3, 0.4) is 0 Å². The fourth-order valence-electron chi connectivity index (χ4n) is 3.40. The van der Waals surface area contributed by atoms with E-state index in [0.717, 1.165) is 34.7 Å². The van der Waals surface area contributed by atoms with Gasteiger partial charge in [-0.1, -0.05) is 60.2 Å². The summed E-state index contributed by atoms with van der Waals surface area (Å²) in [7, 11) is 0. The van der Waals surface area contributed by atoms with Gasteiger partial charge in [0.2, 0.25) is 0 Å². The zero-order chi connectivity index (χ0) is 20.8. The first-order chi connectivity index (χ1) is 14.7. The summed E-state index contributed by atoms with van der Waals surface area (Å²) in [5, 5.41) is 12.6. The van der Waals surface area contributed by atoms with Gasteiger partial charge in [0.1, 0.15) is 11.3 Å². The van der Waals surface area contributed by atoms with Gasteiger partial charge in [-0.15, -0.1) is 0 Å². The third-order valence-electron chi connectivity index (χ3n) is 5.03. The van der Waals surface area contributed by atoms with E-state index in [1.54, 1.807) is 0 Å². The van der Waals surface area contributed by atoms with Crippen molar-refractivity contribution < 1.29 is 5.11 Å². The van der Waals surface area contributed by atoms with Crippen molar-refractivity contribution >= 4 is 16.9 Å². The second-order valence-corrected chi connectivity index (χ2v) is 7.53. The highest BCUT2D eigenvalue weighted by Crippen LogP contribution is 2.22. The zero-order valence-corrected chi connectivity index (χ0v) is 17.2. The van der Waals surface area contributed by atoms with Crippen molar-refractivity contribution in [2.75, 3.05) is 11.9 Å². The first-order valence-electron chi connectivity index (χ1n) is 10.3. The van der Waals surface area contributed by atoms with Crippen LogP contribution in [0.5, 0.6) is 0 Å². The van der Waals surface area contributed by atoms with Gasteiger partial charge in [-0.25, -0.2) is 9.97 Å². The number of fused-ring (bicyclic) bond motifs is 1. The van der Waals surface area contributed by atoms with Crippen molar-refractivity contribution in [3.05, 3.63) is 94.9 Å². The van der Waals surface area contributed by atoms with Crippen molar-refractivity contribution in [2.24, 2.45) is 0 Å². The van der Waals surface area contributed by atoms with Gasteiger partial charge in [-0.05, 0) is 42.5 Å². The van der Waals surface area contributed by atoms with Gasteiger partial charge in [-0.3, -0.25) is 4.98 Å². The van der Waals surface area contributed by atoms with E-state index in [4.69, 9.17) is 9.97 Å². The van der Waals surface area contributed by atoms with Crippen molar-refractivity contribution in [2.45, 2.75) is 32.7 Å².